The summed E-state index contributed by atoms with van der Waals surface area (Å²) >= 11 is 0. The SMILES string of the molecule is O=C(NCC12CC3CC(CC(C3)C1)C2)c1cccc2nc(CNc3ccn(CCCO)n3)cn12. The average molecular weight is 463 g/mol. The molecule has 0 aliphatic heterocycles. The summed E-state index contributed by atoms with van der Waals surface area (Å²) in [4.78, 5) is 17.9. The number of carbonyl (C=O) groups is 1. The van der Waals surface area contributed by atoms with E-state index in [0.717, 1.165) is 41.5 Å². The van der Waals surface area contributed by atoms with E-state index in [0.29, 0.717) is 30.6 Å². The van der Waals surface area contributed by atoms with Crippen LogP contribution in [0.15, 0.2) is 36.7 Å². The molecule has 7 rings (SSSR count). The summed E-state index contributed by atoms with van der Waals surface area (Å²) in [6.45, 7) is 2.16. The lowest BCUT2D eigenvalue weighted by Gasteiger charge is -2.56. The molecule has 3 aromatic rings. The van der Waals surface area contributed by atoms with Crippen molar-refractivity contribution in [3.8, 4) is 0 Å². The summed E-state index contributed by atoms with van der Waals surface area (Å²) in [7, 11) is 0. The first-order chi connectivity index (χ1) is 16.6. The molecule has 8 heteroatoms. The summed E-state index contributed by atoms with van der Waals surface area (Å²) in [5, 5.41) is 20.0. The van der Waals surface area contributed by atoms with Crippen molar-refractivity contribution in [1.29, 1.82) is 0 Å². The van der Waals surface area contributed by atoms with E-state index in [-0.39, 0.29) is 12.5 Å². The lowest BCUT2D eigenvalue weighted by Crippen LogP contribution is -2.51. The quantitative estimate of drug-likeness (QED) is 0.453. The molecular weight excluding hydrogens is 428 g/mol. The number of fused-ring (bicyclic) bond motifs is 1. The number of nitrogens with zero attached hydrogens (tertiary/aromatic N) is 4. The Morgan fingerprint density at radius 2 is 1.88 bits per heavy atom. The van der Waals surface area contributed by atoms with Gasteiger partial charge in [-0.05, 0) is 80.2 Å². The molecule has 8 nitrogen and oxygen atoms in total. The molecular formula is C26H34N6O2. The molecule has 180 valence electrons. The van der Waals surface area contributed by atoms with Gasteiger partial charge in [-0.3, -0.25) is 13.9 Å². The molecule has 0 aromatic carbocycles. The molecule has 0 saturated heterocycles. The molecule has 4 aliphatic rings. The first-order valence-electron chi connectivity index (χ1n) is 12.7. The second kappa shape index (κ2) is 8.73. The number of hydrogen-bond acceptors (Lipinski definition) is 5. The Hall–Kier alpha value is -2.87. The highest BCUT2D eigenvalue weighted by molar-refractivity contribution is 5.93. The van der Waals surface area contributed by atoms with Gasteiger partial charge in [0.15, 0.2) is 0 Å². The van der Waals surface area contributed by atoms with Gasteiger partial charge in [0, 0.05) is 38.2 Å². The van der Waals surface area contributed by atoms with Crippen molar-refractivity contribution in [3.05, 3.63) is 48.0 Å². The predicted octanol–water partition coefficient (Wildman–Crippen LogP) is 3.47. The number of pyridine rings is 1. The third-order valence-electron chi connectivity index (χ3n) is 8.20. The minimum Gasteiger partial charge on any atom is -0.396 e. The summed E-state index contributed by atoms with van der Waals surface area (Å²) in [6.07, 6.45) is 12.6. The highest BCUT2D eigenvalue weighted by atomic mass is 16.3. The van der Waals surface area contributed by atoms with Crippen molar-refractivity contribution < 1.29 is 9.90 Å². The Morgan fingerprint density at radius 1 is 1.12 bits per heavy atom. The lowest BCUT2D eigenvalue weighted by molar-refractivity contribution is -0.0503. The molecule has 3 heterocycles. The van der Waals surface area contributed by atoms with Crippen LogP contribution in [0.1, 0.15) is 61.1 Å². The van der Waals surface area contributed by atoms with Gasteiger partial charge in [-0.2, -0.15) is 5.10 Å². The Bertz CT molecular complexity index is 1150. The second-order valence-corrected chi connectivity index (χ2v) is 10.9. The Morgan fingerprint density at radius 3 is 2.62 bits per heavy atom. The van der Waals surface area contributed by atoms with Gasteiger partial charge in [-0.15, -0.1) is 0 Å². The molecule has 0 atom stereocenters. The zero-order valence-electron chi connectivity index (χ0n) is 19.6. The zero-order chi connectivity index (χ0) is 23.1. The summed E-state index contributed by atoms with van der Waals surface area (Å²) in [6, 6.07) is 7.63. The lowest BCUT2D eigenvalue weighted by atomic mass is 9.49. The van der Waals surface area contributed by atoms with Crippen molar-refractivity contribution >= 4 is 17.4 Å². The number of carbonyl (C=O) groups excluding carboxylic acids is 1. The first kappa shape index (κ1) is 21.6. The maximum atomic E-state index is 13.2. The number of imidazole rings is 1. The van der Waals surface area contributed by atoms with Crippen LogP contribution >= 0.6 is 0 Å². The first-order valence-corrected chi connectivity index (χ1v) is 12.7. The van der Waals surface area contributed by atoms with Crippen molar-refractivity contribution in [2.75, 3.05) is 18.5 Å². The van der Waals surface area contributed by atoms with E-state index in [2.05, 4.69) is 15.7 Å². The smallest absolute Gasteiger partial charge is 0.268 e. The molecule has 3 aromatic heterocycles. The minimum absolute atomic E-state index is 0.0131. The number of amides is 1. The summed E-state index contributed by atoms with van der Waals surface area (Å²) in [5.74, 6) is 3.41. The van der Waals surface area contributed by atoms with E-state index in [1.54, 1.807) is 0 Å². The number of aromatic nitrogens is 4. The van der Waals surface area contributed by atoms with Gasteiger partial charge in [-0.1, -0.05) is 6.07 Å². The van der Waals surface area contributed by atoms with Crippen molar-refractivity contribution in [2.24, 2.45) is 23.2 Å². The summed E-state index contributed by atoms with van der Waals surface area (Å²) in [5.41, 5.74) is 2.58. The molecule has 0 radical (unpaired) electrons. The van der Waals surface area contributed by atoms with Gasteiger partial charge in [0.2, 0.25) is 0 Å². The third-order valence-corrected chi connectivity index (χ3v) is 8.20. The molecule has 0 spiro atoms. The van der Waals surface area contributed by atoms with Crippen LogP contribution in [0.3, 0.4) is 0 Å². The molecule has 4 aliphatic carbocycles. The van der Waals surface area contributed by atoms with Crippen LogP contribution in [-0.4, -0.2) is 43.3 Å². The molecule has 1 amide bonds. The fraction of sp³-hybridized carbons (Fsp3) is 0.577. The molecule has 3 N–H and O–H groups in total. The van der Waals surface area contributed by atoms with E-state index in [1.807, 2.05) is 45.7 Å². The third kappa shape index (κ3) is 4.19. The van der Waals surface area contributed by atoms with Crippen LogP contribution in [0.4, 0.5) is 5.82 Å². The Labute approximate surface area is 199 Å². The predicted molar refractivity (Wildman–Crippen MR) is 129 cm³/mol. The molecule has 0 unspecified atom stereocenters. The van der Waals surface area contributed by atoms with Gasteiger partial charge < -0.3 is 15.7 Å². The summed E-state index contributed by atoms with van der Waals surface area (Å²) < 4.78 is 3.71. The number of anilines is 1. The Kier molecular flexibility index (Phi) is 5.56. The number of aliphatic hydroxyl groups is 1. The van der Waals surface area contributed by atoms with Crippen LogP contribution in [0.25, 0.3) is 5.65 Å². The van der Waals surface area contributed by atoms with E-state index in [1.165, 1.54) is 38.5 Å². The van der Waals surface area contributed by atoms with Crippen LogP contribution in [-0.2, 0) is 13.1 Å². The maximum Gasteiger partial charge on any atom is 0.268 e. The standard InChI is InChI=1S/C26H34N6O2/c33-8-2-6-31-7-5-23(30-31)27-15-21-16-32-22(3-1-4-24(32)29-21)25(34)28-17-26-12-18-9-19(13-26)11-20(10-18)14-26/h1,3-5,7,16,18-20,33H,2,6,8-15,17H2,(H,27,30)(H,28,34). The second-order valence-electron chi connectivity index (χ2n) is 10.9. The van der Waals surface area contributed by atoms with Gasteiger partial charge in [0.05, 0.1) is 12.2 Å². The number of aliphatic hydroxyl groups excluding tert-OH is 1. The topological polar surface area (TPSA) is 96.5 Å². The highest BCUT2D eigenvalue weighted by Crippen LogP contribution is 2.59. The van der Waals surface area contributed by atoms with Gasteiger partial charge in [-0.25, -0.2) is 4.98 Å². The van der Waals surface area contributed by atoms with Crippen molar-refractivity contribution in [3.63, 3.8) is 0 Å². The average Bonchev–Trinajstić information content (AvgIpc) is 3.45. The van der Waals surface area contributed by atoms with Crippen LogP contribution < -0.4 is 10.6 Å². The highest BCUT2D eigenvalue weighted by Gasteiger charge is 2.50. The fourth-order valence-electron chi connectivity index (χ4n) is 7.19. The zero-order valence-corrected chi connectivity index (χ0v) is 19.6. The molecule has 34 heavy (non-hydrogen) atoms. The number of rotatable bonds is 9. The fourth-order valence-corrected chi connectivity index (χ4v) is 7.19. The van der Waals surface area contributed by atoms with E-state index >= 15 is 0 Å². The maximum absolute atomic E-state index is 13.2. The van der Waals surface area contributed by atoms with Crippen LogP contribution in [0, 0.1) is 23.2 Å². The van der Waals surface area contributed by atoms with Crippen LogP contribution in [0.5, 0.6) is 0 Å². The Balaban J connectivity index is 1.11. The minimum atomic E-state index is -0.0131. The van der Waals surface area contributed by atoms with Gasteiger partial charge >= 0.3 is 0 Å². The van der Waals surface area contributed by atoms with E-state index in [4.69, 9.17) is 10.1 Å². The largest absolute Gasteiger partial charge is 0.396 e. The van der Waals surface area contributed by atoms with Crippen molar-refractivity contribution in [1.82, 2.24) is 24.5 Å². The molecule has 4 saturated carbocycles. The molecule has 4 bridgehead atoms. The van der Waals surface area contributed by atoms with Gasteiger partial charge in [0.1, 0.15) is 17.2 Å². The monoisotopic (exact) mass is 462 g/mol. The van der Waals surface area contributed by atoms with Crippen molar-refractivity contribution in [2.45, 2.75) is 58.0 Å². The van der Waals surface area contributed by atoms with E-state index < -0.39 is 0 Å². The number of nitrogens with one attached hydrogen (secondary N) is 2. The van der Waals surface area contributed by atoms with Gasteiger partial charge in [0.25, 0.3) is 5.91 Å². The van der Waals surface area contributed by atoms with Crippen LogP contribution in [0.2, 0.25) is 0 Å². The number of aryl methyl sites for hydroxylation is 1. The number of hydrogen-bond donors (Lipinski definition) is 3. The normalized spacial score (nSPS) is 27.4. The van der Waals surface area contributed by atoms with E-state index in [9.17, 15) is 4.79 Å². The molecule has 4 fully saturated rings.